The van der Waals surface area contributed by atoms with Gasteiger partial charge in [0.15, 0.2) is 11.5 Å². The number of hydrogen-bond acceptors (Lipinski definition) is 7. The molecule has 9 heteroatoms. The van der Waals surface area contributed by atoms with Crippen LogP contribution in [0.2, 0.25) is 0 Å². The minimum atomic E-state index is -0.343. The Morgan fingerprint density at radius 2 is 1.82 bits per heavy atom. The van der Waals surface area contributed by atoms with Crippen molar-refractivity contribution in [2.75, 3.05) is 23.2 Å². The fourth-order valence-electron chi connectivity index (χ4n) is 3.30. The highest BCUT2D eigenvalue weighted by atomic mass is 32.2. The molecule has 0 aliphatic carbocycles. The van der Waals surface area contributed by atoms with Crippen molar-refractivity contribution in [1.82, 2.24) is 9.97 Å². The maximum atomic E-state index is 12.9. The number of anilines is 2. The molecule has 1 aliphatic heterocycles. The van der Waals surface area contributed by atoms with E-state index in [2.05, 4.69) is 20.6 Å². The van der Waals surface area contributed by atoms with E-state index in [1.54, 1.807) is 42.6 Å². The van der Waals surface area contributed by atoms with E-state index in [0.717, 1.165) is 10.9 Å². The summed E-state index contributed by atoms with van der Waals surface area (Å²) in [7, 11) is 0. The number of nitrogens with zero attached hydrogens (tertiary/aromatic N) is 2. The molecule has 2 N–H and O–H groups in total. The molecule has 5 rings (SSSR count). The molecule has 0 fully saturated rings. The lowest BCUT2D eigenvalue weighted by Gasteiger charge is -2.10. The van der Waals surface area contributed by atoms with Crippen LogP contribution >= 0.6 is 11.8 Å². The van der Waals surface area contributed by atoms with Gasteiger partial charge in [0.2, 0.25) is 12.7 Å². The van der Waals surface area contributed by atoms with Crippen LogP contribution in [0.5, 0.6) is 11.5 Å². The summed E-state index contributed by atoms with van der Waals surface area (Å²) in [6, 6.07) is 19.9. The normalized spacial score (nSPS) is 11.9. The van der Waals surface area contributed by atoms with Crippen molar-refractivity contribution in [1.29, 1.82) is 0 Å². The van der Waals surface area contributed by atoms with E-state index in [1.807, 2.05) is 30.3 Å². The van der Waals surface area contributed by atoms with Gasteiger partial charge in [0.25, 0.3) is 5.91 Å². The number of rotatable bonds is 6. The summed E-state index contributed by atoms with van der Waals surface area (Å²) in [6.45, 7) is 0.168. The van der Waals surface area contributed by atoms with E-state index < -0.39 is 0 Å². The van der Waals surface area contributed by atoms with E-state index in [0.29, 0.717) is 33.6 Å². The van der Waals surface area contributed by atoms with Crippen molar-refractivity contribution in [2.45, 2.75) is 5.03 Å². The molecular formula is C24H18N4O4S. The zero-order chi connectivity index (χ0) is 22.6. The van der Waals surface area contributed by atoms with Gasteiger partial charge < -0.3 is 20.1 Å². The average Bonchev–Trinajstić information content (AvgIpc) is 3.31. The highest BCUT2D eigenvalue weighted by Crippen LogP contribution is 2.34. The molecule has 0 saturated heterocycles. The predicted molar refractivity (Wildman–Crippen MR) is 126 cm³/mol. The van der Waals surface area contributed by atoms with E-state index in [9.17, 15) is 9.59 Å². The van der Waals surface area contributed by atoms with Crippen LogP contribution < -0.4 is 20.1 Å². The summed E-state index contributed by atoms with van der Waals surface area (Å²) in [5.41, 5.74) is 1.76. The Kier molecular flexibility index (Phi) is 5.77. The van der Waals surface area contributed by atoms with Crippen molar-refractivity contribution < 1.29 is 19.1 Å². The first kappa shape index (κ1) is 20.8. The van der Waals surface area contributed by atoms with E-state index in [1.165, 1.54) is 11.8 Å². The first-order chi connectivity index (χ1) is 16.2. The molecule has 0 radical (unpaired) electrons. The molecule has 1 aliphatic rings. The second kappa shape index (κ2) is 9.17. The summed E-state index contributed by atoms with van der Waals surface area (Å²) in [5, 5.41) is 7.07. The number of fused-ring (bicyclic) bond motifs is 2. The van der Waals surface area contributed by atoms with Crippen LogP contribution in [0.4, 0.5) is 11.5 Å². The number of para-hydroxylation sites is 1. The minimum Gasteiger partial charge on any atom is -0.454 e. The van der Waals surface area contributed by atoms with Crippen molar-refractivity contribution in [3.05, 3.63) is 78.5 Å². The number of aromatic nitrogens is 2. The van der Waals surface area contributed by atoms with Crippen LogP contribution in [0.15, 0.2) is 78.0 Å². The quantitative estimate of drug-likeness (QED) is 0.414. The van der Waals surface area contributed by atoms with Crippen LogP contribution in [-0.2, 0) is 4.79 Å². The molecule has 0 unspecified atom stereocenters. The number of carbonyl (C=O) groups excluding carboxylic acids is 2. The monoisotopic (exact) mass is 458 g/mol. The Labute approximate surface area is 193 Å². The standard InChI is InChI=1S/C24H18N4O4S/c29-22(26-16-8-9-19-20(12-16)32-14-31-19)13-33-24-17(5-3-11-25-24)23(30)28-21-10-7-15-4-1-2-6-18(15)27-21/h1-12H,13-14H2,(H,26,29)(H,27,28,30). The SMILES string of the molecule is O=C(CSc1ncccc1C(=O)Nc1ccc2ccccc2n1)Nc1ccc2c(c1)OCO2. The van der Waals surface area contributed by atoms with Crippen molar-refractivity contribution in [3.8, 4) is 11.5 Å². The topological polar surface area (TPSA) is 102 Å². The van der Waals surface area contributed by atoms with Gasteiger partial charge in [-0.05, 0) is 42.5 Å². The maximum absolute atomic E-state index is 12.9. The van der Waals surface area contributed by atoms with E-state index in [4.69, 9.17) is 9.47 Å². The van der Waals surface area contributed by atoms with Gasteiger partial charge >= 0.3 is 0 Å². The zero-order valence-corrected chi connectivity index (χ0v) is 18.1. The molecule has 2 amide bonds. The number of hydrogen-bond donors (Lipinski definition) is 2. The first-order valence-electron chi connectivity index (χ1n) is 10.1. The number of pyridine rings is 2. The lowest BCUT2D eigenvalue weighted by molar-refractivity contribution is -0.113. The van der Waals surface area contributed by atoms with Gasteiger partial charge in [0.05, 0.1) is 16.8 Å². The lowest BCUT2D eigenvalue weighted by Crippen LogP contribution is -2.16. The zero-order valence-electron chi connectivity index (χ0n) is 17.3. The Balaban J connectivity index is 1.24. The Morgan fingerprint density at radius 3 is 2.76 bits per heavy atom. The van der Waals surface area contributed by atoms with Crippen molar-refractivity contribution in [3.63, 3.8) is 0 Å². The molecule has 0 atom stereocenters. The summed E-state index contributed by atoms with van der Waals surface area (Å²) in [6.07, 6.45) is 1.59. The van der Waals surface area contributed by atoms with Gasteiger partial charge in [-0.15, -0.1) is 0 Å². The third-order valence-electron chi connectivity index (χ3n) is 4.85. The second-order valence-corrected chi connectivity index (χ2v) is 8.07. The van der Waals surface area contributed by atoms with Crippen LogP contribution in [0.25, 0.3) is 10.9 Å². The number of ether oxygens (including phenoxy) is 2. The largest absolute Gasteiger partial charge is 0.454 e. The van der Waals surface area contributed by atoms with E-state index in [-0.39, 0.29) is 24.4 Å². The molecule has 0 bridgehead atoms. The Bertz CT molecular complexity index is 1360. The number of thioether (sulfide) groups is 1. The maximum Gasteiger partial charge on any atom is 0.259 e. The molecule has 8 nitrogen and oxygen atoms in total. The second-order valence-electron chi connectivity index (χ2n) is 7.10. The van der Waals surface area contributed by atoms with E-state index >= 15 is 0 Å². The molecule has 33 heavy (non-hydrogen) atoms. The Hall–Kier alpha value is -4.11. The van der Waals surface area contributed by atoms with Gasteiger partial charge in [0.1, 0.15) is 10.8 Å². The van der Waals surface area contributed by atoms with Crippen LogP contribution in [0, 0.1) is 0 Å². The highest BCUT2D eigenvalue weighted by molar-refractivity contribution is 8.00. The predicted octanol–water partition coefficient (Wildman–Crippen LogP) is 4.34. The lowest BCUT2D eigenvalue weighted by atomic mass is 10.2. The molecule has 3 heterocycles. The summed E-state index contributed by atoms with van der Waals surface area (Å²) in [4.78, 5) is 34.1. The Morgan fingerprint density at radius 1 is 0.939 bits per heavy atom. The molecule has 164 valence electrons. The van der Waals surface area contributed by atoms with Gasteiger partial charge in [-0.3, -0.25) is 9.59 Å². The molecular weight excluding hydrogens is 440 g/mol. The number of benzene rings is 2. The minimum absolute atomic E-state index is 0.0833. The molecule has 2 aromatic carbocycles. The van der Waals surface area contributed by atoms with Gasteiger partial charge in [-0.1, -0.05) is 30.0 Å². The van der Waals surface area contributed by atoms with Gasteiger partial charge in [-0.25, -0.2) is 9.97 Å². The van der Waals surface area contributed by atoms with Crippen molar-refractivity contribution >= 4 is 46.0 Å². The van der Waals surface area contributed by atoms with Crippen LogP contribution in [0.3, 0.4) is 0 Å². The summed E-state index contributed by atoms with van der Waals surface area (Å²) < 4.78 is 10.6. The summed E-state index contributed by atoms with van der Waals surface area (Å²) in [5.74, 6) is 1.19. The fourth-order valence-corrected chi connectivity index (χ4v) is 4.09. The third kappa shape index (κ3) is 4.73. The van der Waals surface area contributed by atoms with Crippen LogP contribution in [-0.4, -0.2) is 34.3 Å². The first-order valence-corrected chi connectivity index (χ1v) is 11.1. The summed E-state index contributed by atoms with van der Waals surface area (Å²) >= 11 is 1.18. The van der Waals surface area contributed by atoms with Gasteiger partial charge in [-0.2, -0.15) is 0 Å². The average molecular weight is 458 g/mol. The smallest absolute Gasteiger partial charge is 0.259 e. The third-order valence-corrected chi connectivity index (χ3v) is 5.86. The van der Waals surface area contributed by atoms with Crippen molar-refractivity contribution in [2.24, 2.45) is 0 Å². The fraction of sp³-hybridized carbons (Fsp3) is 0.0833. The van der Waals surface area contributed by atoms with Crippen LogP contribution in [0.1, 0.15) is 10.4 Å². The highest BCUT2D eigenvalue weighted by Gasteiger charge is 2.17. The molecule has 2 aromatic heterocycles. The molecule has 0 saturated carbocycles. The van der Waals surface area contributed by atoms with Gasteiger partial charge in [0, 0.05) is 23.3 Å². The number of carbonyl (C=O) groups is 2. The number of amides is 2. The number of nitrogens with one attached hydrogen (secondary N) is 2. The molecule has 4 aromatic rings. The molecule has 0 spiro atoms.